The van der Waals surface area contributed by atoms with E-state index in [4.69, 9.17) is 9.41 Å². The second-order valence-corrected chi connectivity index (χ2v) is 7.24. The Bertz CT molecular complexity index is 848. The standard InChI is InChI=1S/C19H21N3OS/c1-14-6-2-3-8-16(14)22-17(18-9-5-11-23-18)13-24-19(22)21-15-7-4-10-20-12-15/h4-5,7,9-14,16H,2-3,6,8H2,1H3. The summed E-state index contributed by atoms with van der Waals surface area (Å²) in [4.78, 5) is 10.1. The fraction of sp³-hybridized carbons (Fsp3) is 0.368. The van der Waals surface area contributed by atoms with Gasteiger partial charge >= 0.3 is 0 Å². The third-order valence-corrected chi connectivity index (χ3v) is 5.62. The second-order valence-electron chi connectivity index (χ2n) is 6.40. The highest BCUT2D eigenvalue weighted by Crippen LogP contribution is 2.36. The average molecular weight is 339 g/mol. The quantitative estimate of drug-likeness (QED) is 0.659. The van der Waals surface area contributed by atoms with Crippen LogP contribution in [0, 0.1) is 5.92 Å². The van der Waals surface area contributed by atoms with Gasteiger partial charge < -0.3 is 8.98 Å². The van der Waals surface area contributed by atoms with Crippen molar-refractivity contribution in [1.29, 1.82) is 0 Å². The molecule has 3 aromatic rings. The van der Waals surface area contributed by atoms with Crippen LogP contribution in [0.1, 0.15) is 38.6 Å². The number of aromatic nitrogens is 2. The van der Waals surface area contributed by atoms with Crippen LogP contribution in [0.3, 0.4) is 0 Å². The molecular weight excluding hydrogens is 318 g/mol. The van der Waals surface area contributed by atoms with E-state index in [-0.39, 0.29) is 0 Å². The first-order valence-electron chi connectivity index (χ1n) is 8.51. The molecule has 1 saturated carbocycles. The predicted molar refractivity (Wildman–Crippen MR) is 96.1 cm³/mol. The van der Waals surface area contributed by atoms with Crippen molar-refractivity contribution in [2.24, 2.45) is 10.9 Å². The maximum atomic E-state index is 5.68. The molecule has 1 fully saturated rings. The van der Waals surface area contributed by atoms with Gasteiger partial charge in [0.15, 0.2) is 10.6 Å². The molecule has 3 heterocycles. The Labute approximate surface area is 145 Å². The van der Waals surface area contributed by atoms with E-state index in [1.54, 1.807) is 30.0 Å². The maximum absolute atomic E-state index is 5.68. The molecule has 5 heteroatoms. The highest BCUT2D eigenvalue weighted by atomic mass is 32.1. The van der Waals surface area contributed by atoms with Gasteiger partial charge in [-0.2, -0.15) is 0 Å². The number of hydrogen-bond donors (Lipinski definition) is 0. The summed E-state index contributed by atoms with van der Waals surface area (Å²) in [6.07, 6.45) is 10.4. The molecule has 4 nitrogen and oxygen atoms in total. The van der Waals surface area contributed by atoms with Crippen LogP contribution in [0.15, 0.2) is 57.7 Å². The van der Waals surface area contributed by atoms with Crippen LogP contribution in [-0.2, 0) is 0 Å². The minimum atomic E-state index is 0.473. The lowest BCUT2D eigenvalue weighted by Gasteiger charge is -2.31. The van der Waals surface area contributed by atoms with E-state index >= 15 is 0 Å². The van der Waals surface area contributed by atoms with Gasteiger partial charge in [0.05, 0.1) is 23.8 Å². The molecule has 0 bridgehead atoms. The molecule has 0 radical (unpaired) electrons. The zero-order valence-corrected chi connectivity index (χ0v) is 14.6. The molecule has 124 valence electrons. The monoisotopic (exact) mass is 339 g/mol. The van der Waals surface area contributed by atoms with Crippen molar-refractivity contribution in [1.82, 2.24) is 9.55 Å². The summed E-state index contributed by atoms with van der Waals surface area (Å²) in [5, 5.41) is 2.16. The normalized spacial score (nSPS) is 22.0. The van der Waals surface area contributed by atoms with Gasteiger partial charge in [-0.3, -0.25) is 4.98 Å². The van der Waals surface area contributed by atoms with Gasteiger partial charge in [-0.05, 0) is 43.0 Å². The molecule has 1 aliphatic rings. The molecule has 4 rings (SSSR count). The molecular formula is C19H21N3OS. The van der Waals surface area contributed by atoms with E-state index in [2.05, 4.69) is 21.9 Å². The van der Waals surface area contributed by atoms with Gasteiger partial charge in [-0.15, -0.1) is 11.3 Å². The third-order valence-electron chi connectivity index (χ3n) is 4.78. The van der Waals surface area contributed by atoms with Crippen molar-refractivity contribution in [3.05, 3.63) is 53.1 Å². The van der Waals surface area contributed by atoms with Crippen molar-refractivity contribution in [2.45, 2.75) is 38.6 Å². The SMILES string of the molecule is CC1CCCCC1n1c(-c2ccco2)csc1=Nc1cccnc1. The summed E-state index contributed by atoms with van der Waals surface area (Å²) >= 11 is 1.67. The second kappa shape index (κ2) is 6.77. The predicted octanol–water partition coefficient (Wildman–Crippen LogP) is 5.19. The lowest BCUT2D eigenvalue weighted by Crippen LogP contribution is -2.28. The molecule has 2 atom stereocenters. The lowest BCUT2D eigenvalue weighted by molar-refractivity contribution is 0.255. The zero-order valence-electron chi connectivity index (χ0n) is 13.8. The van der Waals surface area contributed by atoms with Crippen LogP contribution in [0.25, 0.3) is 11.5 Å². The number of pyridine rings is 1. The fourth-order valence-electron chi connectivity index (χ4n) is 3.54. The molecule has 3 aromatic heterocycles. The number of thiazole rings is 1. The van der Waals surface area contributed by atoms with Gasteiger partial charge in [-0.25, -0.2) is 4.99 Å². The van der Waals surface area contributed by atoms with Gasteiger partial charge in [0, 0.05) is 17.6 Å². The highest BCUT2D eigenvalue weighted by molar-refractivity contribution is 7.07. The Morgan fingerprint density at radius 1 is 1.25 bits per heavy atom. The first kappa shape index (κ1) is 15.4. The minimum Gasteiger partial charge on any atom is -0.463 e. The Morgan fingerprint density at radius 3 is 2.92 bits per heavy atom. The summed E-state index contributed by atoms with van der Waals surface area (Å²) < 4.78 is 8.07. The maximum Gasteiger partial charge on any atom is 0.190 e. The summed E-state index contributed by atoms with van der Waals surface area (Å²) in [6, 6.07) is 8.36. The van der Waals surface area contributed by atoms with Crippen LogP contribution < -0.4 is 4.80 Å². The van der Waals surface area contributed by atoms with Crippen LogP contribution >= 0.6 is 11.3 Å². The Balaban J connectivity index is 1.87. The summed E-state index contributed by atoms with van der Waals surface area (Å²) in [5.74, 6) is 1.56. The van der Waals surface area contributed by atoms with Gasteiger partial charge in [0.25, 0.3) is 0 Å². The minimum absolute atomic E-state index is 0.473. The molecule has 0 saturated heterocycles. The van der Waals surface area contributed by atoms with Crippen molar-refractivity contribution in [3.63, 3.8) is 0 Å². The Morgan fingerprint density at radius 2 is 2.17 bits per heavy atom. The van der Waals surface area contributed by atoms with Gasteiger partial charge in [-0.1, -0.05) is 19.8 Å². The van der Waals surface area contributed by atoms with E-state index in [0.717, 1.165) is 21.9 Å². The number of furan rings is 1. The molecule has 0 amide bonds. The smallest absolute Gasteiger partial charge is 0.190 e. The Kier molecular flexibility index (Phi) is 4.34. The van der Waals surface area contributed by atoms with Crippen molar-refractivity contribution in [3.8, 4) is 11.5 Å². The molecule has 1 aliphatic carbocycles. The van der Waals surface area contributed by atoms with E-state index in [9.17, 15) is 0 Å². The summed E-state index contributed by atoms with van der Waals surface area (Å²) in [7, 11) is 0. The first-order valence-corrected chi connectivity index (χ1v) is 9.39. The molecule has 0 aromatic carbocycles. The van der Waals surface area contributed by atoms with Crippen LogP contribution in [0.5, 0.6) is 0 Å². The molecule has 2 unspecified atom stereocenters. The van der Waals surface area contributed by atoms with Crippen molar-refractivity contribution < 1.29 is 4.42 Å². The number of hydrogen-bond acceptors (Lipinski definition) is 4. The highest BCUT2D eigenvalue weighted by Gasteiger charge is 2.26. The van der Waals surface area contributed by atoms with Crippen molar-refractivity contribution >= 4 is 17.0 Å². The largest absolute Gasteiger partial charge is 0.463 e. The van der Waals surface area contributed by atoms with E-state index in [1.807, 2.05) is 24.3 Å². The Hall–Kier alpha value is -2.14. The van der Waals surface area contributed by atoms with Crippen molar-refractivity contribution in [2.75, 3.05) is 0 Å². The van der Waals surface area contributed by atoms with E-state index in [0.29, 0.717) is 12.0 Å². The number of rotatable bonds is 3. The zero-order chi connectivity index (χ0) is 16.4. The fourth-order valence-corrected chi connectivity index (χ4v) is 4.49. The van der Waals surface area contributed by atoms with E-state index < -0.39 is 0 Å². The first-order chi connectivity index (χ1) is 11.8. The lowest BCUT2D eigenvalue weighted by atomic mass is 9.85. The molecule has 0 spiro atoms. The molecule has 24 heavy (non-hydrogen) atoms. The van der Waals surface area contributed by atoms with Crippen LogP contribution in [0.2, 0.25) is 0 Å². The summed E-state index contributed by atoms with van der Waals surface area (Å²) in [6.45, 7) is 2.36. The van der Waals surface area contributed by atoms with Crippen LogP contribution in [0.4, 0.5) is 5.69 Å². The number of nitrogens with zero attached hydrogens (tertiary/aromatic N) is 3. The van der Waals surface area contributed by atoms with Gasteiger partial charge in [0.1, 0.15) is 0 Å². The molecule has 0 N–H and O–H groups in total. The molecule has 0 aliphatic heterocycles. The third kappa shape index (κ3) is 2.96. The van der Waals surface area contributed by atoms with Gasteiger partial charge in [0.2, 0.25) is 0 Å². The average Bonchev–Trinajstić information content (AvgIpc) is 3.26. The van der Waals surface area contributed by atoms with Crippen LogP contribution in [-0.4, -0.2) is 9.55 Å². The summed E-state index contributed by atoms with van der Waals surface area (Å²) in [5.41, 5.74) is 2.02. The topological polar surface area (TPSA) is 43.3 Å². The van der Waals surface area contributed by atoms with E-state index in [1.165, 1.54) is 25.7 Å².